The summed E-state index contributed by atoms with van der Waals surface area (Å²) < 4.78 is 39.7. The van der Waals surface area contributed by atoms with Crippen molar-refractivity contribution in [3.05, 3.63) is 138 Å². The van der Waals surface area contributed by atoms with Crippen LogP contribution in [0.4, 0.5) is 0 Å². The summed E-state index contributed by atoms with van der Waals surface area (Å²) in [6.07, 6.45) is -1.92. The Bertz CT molecular complexity index is 1410. The van der Waals surface area contributed by atoms with E-state index in [-0.39, 0.29) is 15.4 Å². The van der Waals surface area contributed by atoms with E-state index < -0.39 is 32.5 Å². The smallest absolute Gasteiger partial charge is 0.393 e. The third-order valence-electron chi connectivity index (χ3n) is 7.77. The summed E-state index contributed by atoms with van der Waals surface area (Å²) in [4.78, 5) is 1.09. The van der Waals surface area contributed by atoms with Crippen LogP contribution in [0.25, 0.3) is 0 Å². The van der Waals surface area contributed by atoms with E-state index in [1.165, 1.54) is 0 Å². The SMILES string of the molecule is C[Si](C)(C)CCO[Si]O[C@@H]1CO[C@H](Sc2ccccc2)[C@@H](OCc2ccccc2)[C@@H](OCc2ccccc2)[C@@H]1OCc1ccccc1. The van der Waals surface area contributed by atoms with Gasteiger partial charge in [0.2, 0.25) is 0 Å². The van der Waals surface area contributed by atoms with Gasteiger partial charge in [-0.05, 0) is 34.9 Å². The maximum atomic E-state index is 6.87. The molecule has 0 spiro atoms. The molecule has 1 aliphatic heterocycles. The molecule has 9 heteroatoms. The van der Waals surface area contributed by atoms with Crippen LogP contribution in [0, 0.1) is 0 Å². The molecule has 1 aliphatic rings. The molecule has 248 valence electrons. The number of ether oxygens (including phenoxy) is 4. The first-order valence-electron chi connectivity index (χ1n) is 16.3. The first-order valence-corrected chi connectivity index (χ1v) is 21.7. The highest BCUT2D eigenvalue weighted by molar-refractivity contribution is 7.99. The molecule has 0 amide bonds. The summed E-state index contributed by atoms with van der Waals surface area (Å²) in [5.41, 5.74) is 2.84. The third kappa shape index (κ3) is 12.1. The first-order chi connectivity index (χ1) is 22.9. The van der Waals surface area contributed by atoms with E-state index in [9.17, 15) is 0 Å². The monoisotopic (exact) mass is 686 g/mol. The lowest BCUT2D eigenvalue weighted by atomic mass is 10.0. The highest BCUT2D eigenvalue weighted by Gasteiger charge is 2.46. The second-order valence-electron chi connectivity index (χ2n) is 12.8. The second-order valence-corrected chi connectivity index (χ2v) is 20.3. The molecule has 0 N–H and O–H groups in total. The molecule has 0 aromatic heterocycles. The quantitative estimate of drug-likeness (QED) is 0.0821. The number of hydrogen-bond donors (Lipinski definition) is 0. The van der Waals surface area contributed by atoms with Gasteiger partial charge >= 0.3 is 10.0 Å². The van der Waals surface area contributed by atoms with Crippen LogP contribution in [-0.2, 0) is 47.6 Å². The Morgan fingerprint density at radius 2 is 1.11 bits per heavy atom. The molecule has 4 aromatic rings. The summed E-state index contributed by atoms with van der Waals surface area (Å²) in [5.74, 6) is 0. The van der Waals surface area contributed by atoms with Crippen LogP contribution in [0.2, 0.25) is 25.7 Å². The molecule has 1 heterocycles. The van der Waals surface area contributed by atoms with Crippen LogP contribution in [0.5, 0.6) is 0 Å². The van der Waals surface area contributed by atoms with Gasteiger partial charge in [-0.3, -0.25) is 0 Å². The van der Waals surface area contributed by atoms with E-state index in [0.717, 1.165) is 27.6 Å². The molecular formula is C38H46O6SSi2. The van der Waals surface area contributed by atoms with Gasteiger partial charge in [0.05, 0.1) is 32.5 Å². The Kier molecular flexibility index (Phi) is 14.3. The molecule has 0 unspecified atom stereocenters. The summed E-state index contributed by atoms with van der Waals surface area (Å²) >= 11 is 1.64. The van der Waals surface area contributed by atoms with E-state index in [2.05, 4.69) is 68.2 Å². The summed E-state index contributed by atoms with van der Waals surface area (Å²) in [6.45, 7) is 9.24. The lowest BCUT2D eigenvalue weighted by Crippen LogP contribution is -2.50. The summed E-state index contributed by atoms with van der Waals surface area (Å²) in [7, 11) is -1.37. The predicted octanol–water partition coefficient (Wildman–Crippen LogP) is 8.17. The fraction of sp³-hybridized carbons (Fsp3) is 0.368. The molecule has 4 aromatic carbocycles. The zero-order valence-electron chi connectivity index (χ0n) is 27.5. The van der Waals surface area contributed by atoms with Crippen molar-refractivity contribution in [1.82, 2.24) is 0 Å². The van der Waals surface area contributed by atoms with Crippen molar-refractivity contribution < 1.29 is 27.8 Å². The van der Waals surface area contributed by atoms with Gasteiger partial charge in [-0.25, -0.2) is 0 Å². The topological polar surface area (TPSA) is 55.4 Å². The average Bonchev–Trinajstić information content (AvgIpc) is 3.22. The minimum Gasteiger partial charge on any atom is -0.393 e. The minimum absolute atomic E-state index is 0.137. The van der Waals surface area contributed by atoms with Gasteiger partial charge in [0.1, 0.15) is 23.7 Å². The molecule has 0 saturated carbocycles. The van der Waals surface area contributed by atoms with Crippen LogP contribution in [-0.4, -0.2) is 61.1 Å². The lowest BCUT2D eigenvalue weighted by molar-refractivity contribution is -0.169. The van der Waals surface area contributed by atoms with Crippen molar-refractivity contribution in [2.24, 2.45) is 0 Å². The van der Waals surface area contributed by atoms with Gasteiger partial charge in [0.25, 0.3) is 0 Å². The van der Waals surface area contributed by atoms with Gasteiger partial charge in [-0.1, -0.05) is 141 Å². The van der Waals surface area contributed by atoms with Crippen molar-refractivity contribution in [1.29, 1.82) is 0 Å². The van der Waals surface area contributed by atoms with Crippen molar-refractivity contribution in [3.8, 4) is 0 Å². The van der Waals surface area contributed by atoms with Gasteiger partial charge in [0.15, 0.2) is 0 Å². The fourth-order valence-electron chi connectivity index (χ4n) is 5.13. The molecule has 1 fully saturated rings. The molecule has 5 atom stereocenters. The molecule has 1 saturated heterocycles. The number of hydrogen-bond acceptors (Lipinski definition) is 7. The Balaban J connectivity index is 1.45. The normalized spacial score (nSPS) is 21.7. The van der Waals surface area contributed by atoms with Gasteiger partial charge in [-0.15, -0.1) is 0 Å². The summed E-state index contributed by atoms with van der Waals surface area (Å²) in [5, 5.41) is 0. The van der Waals surface area contributed by atoms with Crippen molar-refractivity contribution >= 4 is 29.8 Å². The van der Waals surface area contributed by atoms with Gasteiger partial charge in [-0.2, -0.15) is 0 Å². The van der Waals surface area contributed by atoms with E-state index in [1.54, 1.807) is 11.8 Å². The minimum atomic E-state index is -1.23. The second kappa shape index (κ2) is 18.8. The van der Waals surface area contributed by atoms with Crippen LogP contribution in [0.15, 0.2) is 126 Å². The maximum absolute atomic E-state index is 6.87. The van der Waals surface area contributed by atoms with Crippen molar-refractivity contribution in [2.45, 2.75) is 80.3 Å². The van der Waals surface area contributed by atoms with Crippen LogP contribution in [0.1, 0.15) is 16.7 Å². The van der Waals surface area contributed by atoms with Gasteiger partial charge in [0, 0.05) is 19.6 Å². The highest BCUT2D eigenvalue weighted by atomic mass is 32.2. The van der Waals surface area contributed by atoms with Crippen LogP contribution in [0.3, 0.4) is 0 Å². The van der Waals surface area contributed by atoms with E-state index in [0.29, 0.717) is 33.0 Å². The molecule has 5 rings (SSSR count). The van der Waals surface area contributed by atoms with E-state index in [4.69, 9.17) is 27.8 Å². The van der Waals surface area contributed by atoms with Crippen molar-refractivity contribution in [2.75, 3.05) is 13.2 Å². The molecule has 6 nitrogen and oxygen atoms in total. The molecule has 2 radical (unpaired) electrons. The third-order valence-corrected chi connectivity index (χ3v) is 11.4. The molecule has 0 bridgehead atoms. The van der Waals surface area contributed by atoms with Crippen LogP contribution >= 0.6 is 11.8 Å². The molecular weight excluding hydrogens is 641 g/mol. The zero-order chi connectivity index (χ0) is 32.7. The fourth-order valence-corrected chi connectivity index (χ4v) is 7.72. The average molecular weight is 687 g/mol. The summed E-state index contributed by atoms with van der Waals surface area (Å²) in [6, 6.07) is 42.0. The predicted molar refractivity (Wildman–Crippen MR) is 192 cm³/mol. The molecule has 47 heavy (non-hydrogen) atoms. The Morgan fingerprint density at radius 1 is 0.638 bits per heavy atom. The Morgan fingerprint density at radius 3 is 1.62 bits per heavy atom. The van der Waals surface area contributed by atoms with Crippen LogP contribution < -0.4 is 0 Å². The highest BCUT2D eigenvalue weighted by Crippen LogP contribution is 2.36. The lowest BCUT2D eigenvalue weighted by Gasteiger charge is -2.36. The van der Waals surface area contributed by atoms with E-state index >= 15 is 0 Å². The standard InChI is InChI=1S/C38H46O6SSi2/c1-47(2,3)25-24-43-46-44-34-29-42-38(45-33-22-14-7-15-23-33)37(41-28-32-20-12-6-13-21-32)36(40-27-31-18-10-5-11-19-31)35(34)39-26-30-16-8-4-9-17-30/h4-23,34-38H,24-29H2,1-3H3/t34-,35-,36+,37+,38-/m1/s1. The van der Waals surface area contributed by atoms with Gasteiger partial charge < -0.3 is 27.8 Å². The maximum Gasteiger partial charge on any atom is 0.433 e. The number of rotatable bonds is 17. The Hall–Kier alpha value is -2.58. The first kappa shape index (κ1) is 35.7. The number of thioether (sulfide) groups is 1. The molecule has 0 aliphatic carbocycles. The zero-order valence-corrected chi connectivity index (χ0v) is 30.4. The van der Waals surface area contributed by atoms with E-state index in [1.807, 2.05) is 72.8 Å². The van der Waals surface area contributed by atoms with Crippen molar-refractivity contribution in [3.63, 3.8) is 0 Å². The Labute approximate surface area is 288 Å². The largest absolute Gasteiger partial charge is 0.433 e. The number of benzene rings is 4.